The summed E-state index contributed by atoms with van der Waals surface area (Å²) in [6, 6.07) is 11.1. The van der Waals surface area contributed by atoms with Crippen LogP contribution in [0.25, 0.3) is 0 Å². The van der Waals surface area contributed by atoms with E-state index in [2.05, 4.69) is 0 Å². The van der Waals surface area contributed by atoms with E-state index in [9.17, 15) is 14.0 Å². The summed E-state index contributed by atoms with van der Waals surface area (Å²) in [5.41, 5.74) is 1.17. The molecule has 7 heteroatoms. The Morgan fingerprint density at radius 1 is 0.931 bits per heavy atom. The molecule has 29 heavy (non-hydrogen) atoms. The molecule has 0 saturated carbocycles. The third kappa shape index (κ3) is 5.04. The fourth-order valence-electron chi connectivity index (χ4n) is 3.45. The summed E-state index contributed by atoms with van der Waals surface area (Å²) < 4.78 is 23.9. The van der Waals surface area contributed by atoms with Crippen molar-refractivity contribution in [3.63, 3.8) is 0 Å². The van der Waals surface area contributed by atoms with Gasteiger partial charge in [0.25, 0.3) is 5.91 Å². The number of amides is 2. The van der Waals surface area contributed by atoms with Gasteiger partial charge in [0.15, 0.2) is 11.5 Å². The minimum absolute atomic E-state index is 0.00252. The Bertz CT molecular complexity index is 887. The molecule has 2 aromatic rings. The van der Waals surface area contributed by atoms with Crippen molar-refractivity contribution in [2.45, 2.75) is 12.8 Å². The van der Waals surface area contributed by atoms with Crippen LogP contribution in [0.2, 0.25) is 0 Å². The lowest BCUT2D eigenvalue weighted by Crippen LogP contribution is -2.38. The minimum Gasteiger partial charge on any atom is -0.493 e. The van der Waals surface area contributed by atoms with Crippen molar-refractivity contribution in [2.75, 3.05) is 40.4 Å². The number of hydrogen-bond donors (Lipinski definition) is 0. The number of carbonyl (C=O) groups is 2. The fraction of sp³-hybridized carbons (Fsp3) is 0.364. The number of halogens is 1. The molecule has 0 N–H and O–H groups in total. The van der Waals surface area contributed by atoms with E-state index in [1.54, 1.807) is 42.2 Å². The summed E-state index contributed by atoms with van der Waals surface area (Å²) >= 11 is 0. The predicted molar refractivity (Wildman–Crippen MR) is 107 cm³/mol. The second kappa shape index (κ2) is 9.41. The smallest absolute Gasteiger partial charge is 0.254 e. The average molecular weight is 400 g/mol. The second-order valence-electron chi connectivity index (χ2n) is 6.90. The normalized spacial score (nSPS) is 14.3. The Balaban J connectivity index is 1.61. The van der Waals surface area contributed by atoms with Crippen LogP contribution in [0.4, 0.5) is 4.39 Å². The van der Waals surface area contributed by atoms with Crippen LogP contribution in [0.5, 0.6) is 11.5 Å². The molecule has 1 fully saturated rings. The second-order valence-corrected chi connectivity index (χ2v) is 6.90. The molecule has 1 aliphatic heterocycles. The molecule has 0 bridgehead atoms. The lowest BCUT2D eigenvalue weighted by molar-refractivity contribution is -0.130. The fourth-order valence-corrected chi connectivity index (χ4v) is 3.45. The molecule has 0 atom stereocenters. The van der Waals surface area contributed by atoms with Crippen molar-refractivity contribution in [3.05, 3.63) is 59.4 Å². The zero-order valence-corrected chi connectivity index (χ0v) is 16.7. The van der Waals surface area contributed by atoms with Gasteiger partial charge < -0.3 is 19.3 Å². The van der Waals surface area contributed by atoms with E-state index in [4.69, 9.17) is 9.47 Å². The Morgan fingerprint density at radius 3 is 2.38 bits per heavy atom. The topological polar surface area (TPSA) is 59.1 Å². The quantitative estimate of drug-likeness (QED) is 0.775. The van der Waals surface area contributed by atoms with Gasteiger partial charge >= 0.3 is 0 Å². The van der Waals surface area contributed by atoms with Crippen LogP contribution in [-0.4, -0.2) is 62.0 Å². The van der Waals surface area contributed by atoms with Gasteiger partial charge in [-0.3, -0.25) is 9.59 Å². The van der Waals surface area contributed by atoms with Gasteiger partial charge in [-0.2, -0.15) is 0 Å². The summed E-state index contributed by atoms with van der Waals surface area (Å²) in [7, 11) is 3.12. The van der Waals surface area contributed by atoms with Crippen LogP contribution in [-0.2, 0) is 11.2 Å². The van der Waals surface area contributed by atoms with Gasteiger partial charge in [0.05, 0.1) is 20.6 Å². The van der Waals surface area contributed by atoms with Gasteiger partial charge in [0.2, 0.25) is 5.91 Å². The Morgan fingerprint density at radius 2 is 1.66 bits per heavy atom. The van der Waals surface area contributed by atoms with Crippen molar-refractivity contribution in [3.8, 4) is 11.5 Å². The van der Waals surface area contributed by atoms with Crippen LogP contribution < -0.4 is 9.47 Å². The summed E-state index contributed by atoms with van der Waals surface area (Å²) in [5, 5.41) is 0. The summed E-state index contributed by atoms with van der Waals surface area (Å²) in [5.74, 6) is 0.555. The largest absolute Gasteiger partial charge is 0.493 e. The van der Waals surface area contributed by atoms with E-state index in [1.807, 2.05) is 6.07 Å². The molecule has 2 aromatic carbocycles. The van der Waals surface area contributed by atoms with Gasteiger partial charge in [0, 0.05) is 31.7 Å². The van der Waals surface area contributed by atoms with E-state index in [1.165, 1.54) is 18.2 Å². The standard InChI is InChI=1S/C22H25FN2O4/c1-28-19-8-7-16(13-20(19)29-2)14-21(26)24-9-4-10-25(12-11-24)22(27)17-5-3-6-18(23)15-17/h3,5-8,13,15H,4,9-12,14H2,1-2H3. The third-order valence-electron chi connectivity index (χ3n) is 5.01. The molecule has 154 valence electrons. The van der Waals surface area contributed by atoms with Crippen molar-refractivity contribution in [1.29, 1.82) is 0 Å². The van der Waals surface area contributed by atoms with Gasteiger partial charge in [-0.25, -0.2) is 4.39 Å². The number of nitrogens with zero attached hydrogens (tertiary/aromatic N) is 2. The third-order valence-corrected chi connectivity index (χ3v) is 5.01. The molecule has 1 saturated heterocycles. The van der Waals surface area contributed by atoms with Crippen molar-refractivity contribution in [1.82, 2.24) is 9.80 Å². The molecule has 0 spiro atoms. The number of hydrogen-bond acceptors (Lipinski definition) is 4. The molecule has 2 amide bonds. The maximum Gasteiger partial charge on any atom is 0.254 e. The van der Waals surface area contributed by atoms with E-state index in [0.717, 1.165) is 5.56 Å². The van der Waals surface area contributed by atoms with Crippen LogP contribution in [0, 0.1) is 5.82 Å². The minimum atomic E-state index is -0.433. The molecule has 0 aromatic heterocycles. The zero-order chi connectivity index (χ0) is 20.8. The molecule has 6 nitrogen and oxygen atoms in total. The number of carbonyl (C=O) groups excluding carboxylic acids is 2. The Hall–Kier alpha value is -3.09. The highest BCUT2D eigenvalue weighted by molar-refractivity contribution is 5.94. The first kappa shape index (κ1) is 20.6. The highest BCUT2D eigenvalue weighted by atomic mass is 19.1. The zero-order valence-electron chi connectivity index (χ0n) is 16.7. The molecular formula is C22H25FN2O4. The molecular weight excluding hydrogens is 375 g/mol. The van der Waals surface area contributed by atoms with Gasteiger partial charge in [-0.15, -0.1) is 0 Å². The Labute approximate surface area is 169 Å². The van der Waals surface area contributed by atoms with Crippen LogP contribution >= 0.6 is 0 Å². The van der Waals surface area contributed by atoms with E-state index in [0.29, 0.717) is 49.7 Å². The molecule has 0 aliphatic carbocycles. The summed E-state index contributed by atoms with van der Waals surface area (Å²) in [4.78, 5) is 28.9. The maximum atomic E-state index is 13.4. The number of methoxy groups -OCH3 is 2. The van der Waals surface area contributed by atoms with Crippen LogP contribution in [0.1, 0.15) is 22.3 Å². The molecule has 3 rings (SSSR count). The monoisotopic (exact) mass is 400 g/mol. The molecule has 1 heterocycles. The van der Waals surface area contributed by atoms with Crippen molar-refractivity contribution >= 4 is 11.8 Å². The first-order chi connectivity index (χ1) is 14.0. The average Bonchev–Trinajstić information content (AvgIpc) is 2.99. The van der Waals surface area contributed by atoms with Crippen LogP contribution in [0.3, 0.4) is 0 Å². The first-order valence-electron chi connectivity index (χ1n) is 9.55. The van der Waals surface area contributed by atoms with E-state index in [-0.39, 0.29) is 18.2 Å². The predicted octanol–water partition coefficient (Wildman–Crippen LogP) is 2.76. The van der Waals surface area contributed by atoms with Crippen LogP contribution in [0.15, 0.2) is 42.5 Å². The van der Waals surface area contributed by atoms with Gasteiger partial charge in [0.1, 0.15) is 5.82 Å². The summed E-state index contributed by atoms with van der Waals surface area (Å²) in [6.45, 7) is 1.99. The maximum absolute atomic E-state index is 13.4. The highest BCUT2D eigenvalue weighted by Gasteiger charge is 2.23. The van der Waals surface area contributed by atoms with Gasteiger partial charge in [-0.1, -0.05) is 12.1 Å². The molecule has 0 radical (unpaired) electrons. The SMILES string of the molecule is COc1ccc(CC(=O)N2CCCN(C(=O)c3cccc(F)c3)CC2)cc1OC. The number of benzene rings is 2. The number of rotatable bonds is 5. The lowest BCUT2D eigenvalue weighted by Gasteiger charge is -2.22. The van der Waals surface area contributed by atoms with Crippen molar-refractivity contribution < 1.29 is 23.5 Å². The molecule has 0 unspecified atom stereocenters. The van der Waals surface area contributed by atoms with Gasteiger partial charge in [-0.05, 0) is 42.3 Å². The van der Waals surface area contributed by atoms with E-state index < -0.39 is 5.82 Å². The number of ether oxygens (including phenoxy) is 2. The lowest BCUT2D eigenvalue weighted by atomic mass is 10.1. The molecule has 1 aliphatic rings. The summed E-state index contributed by atoms with van der Waals surface area (Å²) in [6.07, 6.45) is 0.928. The first-order valence-corrected chi connectivity index (χ1v) is 9.55. The van der Waals surface area contributed by atoms with E-state index >= 15 is 0 Å². The Kier molecular flexibility index (Phi) is 6.69. The highest BCUT2D eigenvalue weighted by Crippen LogP contribution is 2.28. The van der Waals surface area contributed by atoms with Crippen molar-refractivity contribution in [2.24, 2.45) is 0 Å².